The fourth-order valence-corrected chi connectivity index (χ4v) is 2.80. The maximum absolute atomic E-state index is 12.3. The highest BCUT2D eigenvalue weighted by molar-refractivity contribution is 7.12. The minimum absolute atomic E-state index is 0.105. The summed E-state index contributed by atoms with van der Waals surface area (Å²) in [5.41, 5.74) is 0.105. The van der Waals surface area contributed by atoms with Gasteiger partial charge in [0.05, 0.1) is 9.90 Å². The second kappa shape index (κ2) is 6.99. The normalized spacial score (nSPS) is 10.6. The molecular formula is C14H8Cl2O6S. The molecule has 120 valence electrons. The van der Waals surface area contributed by atoms with Crippen molar-refractivity contribution in [2.45, 2.75) is 6.10 Å². The highest BCUT2D eigenvalue weighted by Crippen LogP contribution is 2.36. The molecule has 0 saturated heterocycles. The number of carboxylic acid groups (broad SMARTS) is 2. The standard InChI is InChI=1S/C14H8Cl2O6S/c15-9-6(11(17)8-2-1-5-23-8)3-4-7(10(9)16)22-12(13(18)19)14(20)21/h1-5,12H,(H,18,19)(H,20,21). The van der Waals surface area contributed by atoms with Gasteiger partial charge >= 0.3 is 11.9 Å². The van der Waals surface area contributed by atoms with E-state index in [0.29, 0.717) is 4.88 Å². The molecule has 6 nitrogen and oxygen atoms in total. The summed E-state index contributed by atoms with van der Waals surface area (Å²) in [6, 6.07) is 5.82. The van der Waals surface area contributed by atoms with Gasteiger partial charge in [0.25, 0.3) is 6.10 Å². The smallest absolute Gasteiger partial charge is 0.356 e. The monoisotopic (exact) mass is 374 g/mol. The van der Waals surface area contributed by atoms with Crippen LogP contribution in [0.4, 0.5) is 0 Å². The van der Waals surface area contributed by atoms with Crippen LogP contribution in [0.15, 0.2) is 29.6 Å². The Balaban J connectivity index is 2.36. The van der Waals surface area contributed by atoms with Crippen LogP contribution in [0.25, 0.3) is 0 Å². The fourth-order valence-electron chi connectivity index (χ4n) is 1.67. The first-order valence-corrected chi connectivity index (χ1v) is 7.65. The van der Waals surface area contributed by atoms with Gasteiger partial charge < -0.3 is 14.9 Å². The zero-order chi connectivity index (χ0) is 17.1. The van der Waals surface area contributed by atoms with E-state index < -0.39 is 18.0 Å². The van der Waals surface area contributed by atoms with Crippen molar-refractivity contribution in [1.29, 1.82) is 0 Å². The lowest BCUT2D eigenvalue weighted by molar-refractivity contribution is -0.159. The van der Waals surface area contributed by atoms with E-state index in [1.165, 1.54) is 23.5 Å². The average molecular weight is 375 g/mol. The molecule has 0 bridgehead atoms. The molecule has 1 aromatic heterocycles. The van der Waals surface area contributed by atoms with E-state index in [-0.39, 0.29) is 27.1 Å². The number of hydrogen-bond acceptors (Lipinski definition) is 5. The van der Waals surface area contributed by atoms with Crippen LogP contribution in [-0.2, 0) is 9.59 Å². The summed E-state index contributed by atoms with van der Waals surface area (Å²) in [7, 11) is 0. The molecule has 0 atom stereocenters. The molecular weight excluding hydrogens is 367 g/mol. The Morgan fingerprint density at radius 2 is 1.70 bits per heavy atom. The van der Waals surface area contributed by atoms with Crippen LogP contribution in [0.3, 0.4) is 0 Å². The molecule has 0 aliphatic rings. The first-order chi connectivity index (χ1) is 10.8. The van der Waals surface area contributed by atoms with Gasteiger partial charge in [-0.25, -0.2) is 9.59 Å². The highest BCUT2D eigenvalue weighted by Gasteiger charge is 2.29. The molecule has 0 aliphatic carbocycles. The van der Waals surface area contributed by atoms with Crippen molar-refractivity contribution in [3.8, 4) is 5.75 Å². The number of ketones is 1. The summed E-state index contributed by atoms with van der Waals surface area (Å²) in [5, 5.41) is 18.9. The molecule has 2 aromatic rings. The molecule has 23 heavy (non-hydrogen) atoms. The number of halogens is 2. The largest absolute Gasteiger partial charge is 0.478 e. The summed E-state index contributed by atoms with van der Waals surface area (Å²) in [5.74, 6) is -3.98. The van der Waals surface area contributed by atoms with Gasteiger partial charge in [-0.1, -0.05) is 29.3 Å². The van der Waals surface area contributed by atoms with Crippen molar-refractivity contribution in [3.63, 3.8) is 0 Å². The molecule has 0 radical (unpaired) electrons. The van der Waals surface area contributed by atoms with Crippen LogP contribution in [0.5, 0.6) is 5.75 Å². The number of carbonyl (C=O) groups excluding carboxylic acids is 1. The number of thiophene rings is 1. The summed E-state index contributed by atoms with van der Waals surface area (Å²) in [6.45, 7) is 0. The Bertz CT molecular complexity index is 758. The summed E-state index contributed by atoms with van der Waals surface area (Å²) < 4.78 is 4.85. The lowest BCUT2D eigenvalue weighted by Crippen LogP contribution is -2.35. The van der Waals surface area contributed by atoms with Crippen molar-refractivity contribution >= 4 is 52.3 Å². The van der Waals surface area contributed by atoms with Crippen molar-refractivity contribution in [3.05, 3.63) is 50.1 Å². The number of carbonyl (C=O) groups is 3. The van der Waals surface area contributed by atoms with Crippen molar-refractivity contribution < 1.29 is 29.3 Å². The van der Waals surface area contributed by atoms with Crippen LogP contribution >= 0.6 is 34.5 Å². The molecule has 0 saturated carbocycles. The molecule has 1 aromatic carbocycles. The minimum Gasteiger partial charge on any atom is -0.478 e. The van der Waals surface area contributed by atoms with Gasteiger partial charge in [0, 0.05) is 5.56 Å². The predicted octanol–water partition coefficient (Wildman–Crippen LogP) is 3.20. The Labute approximate surface area is 143 Å². The van der Waals surface area contributed by atoms with Crippen LogP contribution in [-0.4, -0.2) is 34.0 Å². The third kappa shape index (κ3) is 3.64. The molecule has 0 spiro atoms. The molecule has 9 heteroatoms. The van der Waals surface area contributed by atoms with Crippen molar-refractivity contribution in [1.82, 2.24) is 0 Å². The molecule has 0 unspecified atom stereocenters. The van der Waals surface area contributed by atoms with E-state index in [2.05, 4.69) is 0 Å². The third-order valence-electron chi connectivity index (χ3n) is 2.73. The number of benzene rings is 1. The lowest BCUT2D eigenvalue weighted by Gasteiger charge is -2.14. The third-order valence-corrected chi connectivity index (χ3v) is 4.46. The van der Waals surface area contributed by atoms with E-state index in [4.69, 9.17) is 38.2 Å². The number of carboxylic acids is 2. The van der Waals surface area contributed by atoms with E-state index in [1.54, 1.807) is 17.5 Å². The van der Waals surface area contributed by atoms with Crippen LogP contribution in [0.2, 0.25) is 10.0 Å². The number of aliphatic carboxylic acids is 2. The summed E-state index contributed by atoms with van der Waals surface area (Å²) in [4.78, 5) is 34.4. The summed E-state index contributed by atoms with van der Waals surface area (Å²) >= 11 is 13.2. The van der Waals surface area contributed by atoms with E-state index in [1.807, 2.05) is 0 Å². The van der Waals surface area contributed by atoms with Gasteiger partial charge in [0.2, 0.25) is 5.78 Å². The van der Waals surface area contributed by atoms with E-state index in [0.717, 1.165) is 0 Å². The van der Waals surface area contributed by atoms with Gasteiger partial charge in [-0.15, -0.1) is 11.3 Å². The van der Waals surface area contributed by atoms with Crippen LogP contribution in [0, 0.1) is 0 Å². The van der Waals surface area contributed by atoms with Gasteiger partial charge in [-0.05, 0) is 23.6 Å². The predicted molar refractivity (Wildman–Crippen MR) is 83.9 cm³/mol. The SMILES string of the molecule is O=C(c1cccs1)c1ccc(OC(C(=O)O)C(=O)O)c(Cl)c1Cl. The first kappa shape index (κ1) is 17.3. The number of hydrogen-bond donors (Lipinski definition) is 2. The molecule has 2 N–H and O–H groups in total. The zero-order valence-corrected chi connectivity index (χ0v) is 13.5. The maximum Gasteiger partial charge on any atom is 0.356 e. The van der Waals surface area contributed by atoms with E-state index in [9.17, 15) is 14.4 Å². The van der Waals surface area contributed by atoms with Crippen LogP contribution in [0.1, 0.15) is 15.2 Å². The zero-order valence-electron chi connectivity index (χ0n) is 11.2. The van der Waals surface area contributed by atoms with Crippen LogP contribution < -0.4 is 4.74 Å². The first-order valence-electron chi connectivity index (χ1n) is 6.01. The Morgan fingerprint density at radius 3 is 2.22 bits per heavy atom. The quantitative estimate of drug-likeness (QED) is 0.594. The highest BCUT2D eigenvalue weighted by atomic mass is 35.5. The van der Waals surface area contributed by atoms with Gasteiger partial charge in [-0.3, -0.25) is 4.79 Å². The topological polar surface area (TPSA) is 101 Å². The minimum atomic E-state index is -2.14. The average Bonchev–Trinajstić information content (AvgIpc) is 3.01. The molecule has 0 aliphatic heterocycles. The van der Waals surface area contributed by atoms with Crippen molar-refractivity contribution in [2.75, 3.05) is 0 Å². The van der Waals surface area contributed by atoms with Gasteiger partial charge in [0.15, 0.2) is 0 Å². The Morgan fingerprint density at radius 1 is 1.04 bits per heavy atom. The van der Waals surface area contributed by atoms with E-state index >= 15 is 0 Å². The van der Waals surface area contributed by atoms with Gasteiger partial charge in [0.1, 0.15) is 10.8 Å². The Kier molecular flexibility index (Phi) is 5.25. The maximum atomic E-state index is 12.3. The van der Waals surface area contributed by atoms with Crippen molar-refractivity contribution in [2.24, 2.45) is 0 Å². The fraction of sp³-hybridized carbons (Fsp3) is 0.0714. The Hall–Kier alpha value is -2.09. The molecule has 1 heterocycles. The van der Waals surface area contributed by atoms with Gasteiger partial charge in [-0.2, -0.15) is 0 Å². The molecule has 0 amide bonds. The molecule has 0 fully saturated rings. The number of rotatable bonds is 6. The summed E-state index contributed by atoms with van der Waals surface area (Å²) in [6.07, 6.45) is -2.14. The number of ether oxygens (including phenoxy) is 1. The lowest BCUT2D eigenvalue weighted by atomic mass is 10.1. The molecule has 2 rings (SSSR count). The second-order valence-electron chi connectivity index (χ2n) is 4.22. The second-order valence-corrected chi connectivity index (χ2v) is 5.92.